The number of aliphatic hydroxyl groups is 2. The first-order valence-corrected chi connectivity index (χ1v) is 14.3. The Labute approximate surface area is 226 Å². The molecule has 4 aliphatic heterocycles. The van der Waals surface area contributed by atoms with Gasteiger partial charge < -0.3 is 29.2 Å². The first-order valence-electron chi connectivity index (χ1n) is 14.3. The van der Waals surface area contributed by atoms with Crippen LogP contribution in [0.5, 0.6) is 0 Å². The molecule has 38 heavy (non-hydrogen) atoms. The van der Waals surface area contributed by atoms with Gasteiger partial charge in [0.05, 0.1) is 18.8 Å². The fourth-order valence-corrected chi connectivity index (χ4v) is 6.85. The summed E-state index contributed by atoms with van der Waals surface area (Å²) in [5, 5.41) is 22.8. The number of carbonyl (C=O) groups excluding carboxylic acids is 1. The third-order valence-electron chi connectivity index (χ3n) is 9.30. The smallest absolute Gasteiger partial charge is 0.316 e. The molecule has 0 aromatic carbocycles. The summed E-state index contributed by atoms with van der Waals surface area (Å²) < 4.78 is 25.2. The van der Waals surface area contributed by atoms with Crippen LogP contribution in [-0.4, -0.2) is 64.7 Å². The number of allylic oxidation sites excluding steroid dienone is 4. The summed E-state index contributed by atoms with van der Waals surface area (Å²) in [6.45, 7) is 10.5. The zero-order valence-corrected chi connectivity index (χ0v) is 23.4. The first kappa shape index (κ1) is 27.8. The summed E-state index contributed by atoms with van der Waals surface area (Å²) >= 11 is 0. The van der Waals surface area contributed by atoms with Crippen LogP contribution in [0, 0.1) is 17.8 Å². The highest BCUT2D eigenvalue weighted by Crippen LogP contribution is 2.47. The van der Waals surface area contributed by atoms with Gasteiger partial charge in [0, 0.05) is 19.3 Å². The van der Waals surface area contributed by atoms with Gasteiger partial charge in [-0.3, -0.25) is 4.79 Å². The second kappa shape index (κ2) is 10.7. The maximum atomic E-state index is 13.8. The van der Waals surface area contributed by atoms with E-state index >= 15 is 0 Å². The summed E-state index contributed by atoms with van der Waals surface area (Å²) in [6, 6.07) is 0. The van der Waals surface area contributed by atoms with Crippen LogP contribution in [0.1, 0.15) is 73.1 Å². The van der Waals surface area contributed by atoms with Gasteiger partial charge in [0.25, 0.3) is 0 Å². The van der Waals surface area contributed by atoms with E-state index in [2.05, 4.69) is 39.8 Å². The maximum absolute atomic E-state index is 13.8. The van der Waals surface area contributed by atoms with E-state index in [1.165, 1.54) is 5.57 Å². The highest BCUT2D eigenvalue weighted by molar-refractivity contribution is 5.78. The number of esters is 1. The predicted octanol–water partition coefficient (Wildman–Crippen LogP) is 4.53. The molecule has 1 aliphatic carbocycles. The molecule has 0 amide bonds. The van der Waals surface area contributed by atoms with Gasteiger partial charge in [0.1, 0.15) is 29.8 Å². The molecular weight excluding hydrogens is 484 g/mol. The average molecular weight is 529 g/mol. The fraction of sp³-hybridized carbons (Fsp3) is 0.710. The molecule has 0 saturated carbocycles. The van der Waals surface area contributed by atoms with Gasteiger partial charge in [-0.25, -0.2) is 0 Å². The molecule has 7 nitrogen and oxygen atoms in total. The Hall–Kier alpha value is -1.77. The molecule has 7 heteroatoms. The van der Waals surface area contributed by atoms with Crippen molar-refractivity contribution in [2.45, 2.75) is 115 Å². The summed E-state index contributed by atoms with van der Waals surface area (Å²) in [5.74, 6) is -1.53. The molecule has 5 rings (SSSR count). The third kappa shape index (κ3) is 5.20. The van der Waals surface area contributed by atoms with Gasteiger partial charge >= 0.3 is 5.97 Å². The molecule has 2 bridgehead atoms. The normalized spacial score (nSPS) is 48.3. The average Bonchev–Trinajstić information content (AvgIpc) is 3.19. The molecule has 4 heterocycles. The van der Waals surface area contributed by atoms with Crippen LogP contribution < -0.4 is 0 Å². The van der Waals surface area contributed by atoms with Gasteiger partial charge in [0.15, 0.2) is 5.79 Å². The third-order valence-corrected chi connectivity index (χ3v) is 9.30. The summed E-state index contributed by atoms with van der Waals surface area (Å²) in [4.78, 5) is 13.8. The number of ether oxygens (including phenoxy) is 4. The van der Waals surface area contributed by atoms with Gasteiger partial charge in [0.2, 0.25) is 0 Å². The number of hydrogen-bond acceptors (Lipinski definition) is 7. The number of hydrogen-bond donors (Lipinski definition) is 2. The molecule has 1 spiro atoms. The minimum atomic E-state index is -1.68. The van der Waals surface area contributed by atoms with Crippen LogP contribution in [-0.2, 0) is 23.7 Å². The predicted molar refractivity (Wildman–Crippen MR) is 143 cm³/mol. The Bertz CT molecular complexity index is 1040. The Balaban J connectivity index is 1.51. The van der Waals surface area contributed by atoms with E-state index in [1.807, 2.05) is 12.2 Å². The molecule has 0 aromatic rings. The second-order valence-corrected chi connectivity index (χ2v) is 12.4. The van der Waals surface area contributed by atoms with Gasteiger partial charge in [-0.1, -0.05) is 49.8 Å². The largest absolute Gasteiger partial charge is 0.462 e. The van der Waals surface area contributed by atoms with Gasteiger partial charge in [-0.05, 0) is 63.0 Å². The minimum absolute atomic E-state index is 0.0526. The van der Waals surface area contributed by atoms with Crippen molar-refractivity contribution in [1.29, 1.82) is 0 Å². The zero-order chi connectivity index (χ0) is 27.2. The molecule has 3 saturated heterocycles. The summed E-state index contributed by atoms with van der Waals surface area (Å²) in [7, 11) is 0. The van der Waals surface area contributed by atoms with Crippen LogP contribution in [0.25, 0.3) is 0 Å². The van der Waals surface area contributed by atoms with Crippen molar-refractivity contribution in [3.63, 3.8) is 0 Å². The molecule has 10 atom stereocenters. The first-order chi connectivity index (χ1) is 18.0. The van der Waals surface area contributed by atoms with Gasteiger partial charge in [-0.2, -0.15) is 0 Å². The molecule has 0 aromatic heterocycles. The quantitative estimate of drug-likeness (QED) is 0.352. The molecule has 5 aliphatic rings. The van der Waals surface area contributed by atoms with E-state index in [9.17, 15) is 15.0 Å². The van der Waals surface area contributed by atoms with Crippen LogP contribution >= 0.6 is 0 Å². The van der Waals surface area contributed by atoms with E-state index < -0.39 is 41.6 Å². The monoisotopic (exact) mass is 528 g/mol. The van der Waals surface area contributed by atoms with E-state index in [1.54, 1.807) is 13.0 Å². The number of rotatable bonds is 0. The van der Waals surface area contributed by atoms with Crippen LogP contribution in [0.15, 0.2) is 47.1 Å². The Kier molecular flexibility index (Phi) is 7.79. The SMILES string of the molecule is CC1=C[C@H]2C(=O)O[C@H]3C[C@@H](C/C=C(\C)C[C@@H](C)/C=C/C=C4CO[C@H]([C@@H]1O)[C@@]42O)O[C@@]1(CC[C@H](C)[C@@H](C)O1)C3. The number of aliphatic hydroxyl groups excluding tert-OH is 1. The van der Waals surface area contributed by atoms with Gasteiger partial charge in [-0.15, -0.1) is 0 Å². The standard InChI is InChI=1S/C31H44O7/c1-18-7-6-8-23-17-35-28-27(32)21(4)14-26(31(23,28)34)29(33)36-25-15-24(10-9-19(2)13-18)38-30(16-25)12-11-20(3)22(5)37-30/h6-9,14,18,20,22,24-28,32,34H,10-13,15-17H2,1-5H3/b7-6+,19-9+,23-8?/t18-,20-,22+,24+,25-,26-,27+,28+,30-,31+/m0/s1. The highest BCUT2D eigenvalue weighted by atomic mass is 16.7. The van der Waals surface area contributed by atoms with Crippen molar-refractivity contribution in [2.24, 2.45) is 17.8 Å². The maximum Gasteiger partial charge on any atom is 0.316 e. The lowest BCUT2D eigenvalue weighted by molar-refractivity contribution is -0.332. The lowest BCUT2D eigenvalue weighted by Gasteiger charge is -2.49. The lowest BCUT2D eigenvalue weighted by Crippen LogP contribution is -2.58. The second-order valence-electron chi connectivity index (χ2n) is 12.4. The molecular formula is C31H44O7. The zero-order valence-electron chi connectivity index (χ0n) is 23.4. The summed E-state index contributed by atoms with van der Waals surface area (Å²) in [6.07, 6.45) is 11.8. The van der Waals surface area contributed by atoms with Crippen molar-refractivity contribution >= 4 is 5.97 Å². The Morgan fingerprint density at radius 2 is 1.89 bits per heavy atom. The Morgan fingerprint density at radius 3 is 2.66 bits per heavy atom. The van der Waals surface area contributed by atoms with E-state index in [-0.39, 0.29) is 18.8 Å². The molecule has 0 unspecified atom stereocenters. The lowest BCUT2D eigenvalue weighted by atomic mass is 9.71. The Morgan fingerprint density at radius 1 is 1.11 bits per heavy atom. The van der Waals surface area contributed by atoms with E-state index in [0.29, 0.717) is 35.8 Å². The summed E-state index contributed by atoms with van der Waals surface area (Å²) in [5.41, 5.74) is 0.783. The molecule has 0 radical (unpaired) electrons. The number of fused-ring (bicyclic) bond motifs is 2. The van der Waals surface area contributed by atoms with Crippen molar-refractivity contribution in [2.75, 3.05) is 6.61 Å². The molecule has 2 N–H and O–H groups in total. The minimum Gasteiger partial charge on any atom is -0.462 e. The van der Waals surface area contributed by atoms with Crippen LogP contribution in [0.2, 0.25) is 0 Å². The van der Waals surface area contributed by atoms with Crippen molar-refractivity contribution < 1.29 is 34.0 Å². The highest BCUT2D eigenvalue weighted by Gasteiger charge is 2.60. The van der Waals surface area contributed by atoms with Crippen molar-refractivity contribution in [3.05, 3.63) is 47.1 Å². The van der Waals surface area contributed by atoms with Crippen molar-refractivity contribution in [1.82, 2.24) is 0 Å². The topological polar surface area (TPSA) is 94.5 Å². The molecule has 3 fully saturated rings. The van der Waals surface area contributed by atoms with E-state index in [4.69, 9.17) is 18.9 Å². The van der Waals surface area contributed by atoms with Crippen molar-refractivity contribution in [3.8, 4) is 0 Å². The molecule has 210 valence electrons. The number of carbonyl (C=O) groups is 1. The van der Waals surface area contributed by atoms with Crippen LogP contribution in [0.4, 0.5) is 0 Å². The van der Waals surface area contributed by atoms with Crippen LogP contribution in [0.3, 0.4) is 0 Å². The fourth-order valence-electron chi connectivity index (χ4n) is 6.85. The van der Waals surface area contributed by atoms with E-state index in [0.717, 1.165) is 25.7 Å².